The van der Waals surface area contributed by atoms with Crippen LogP contribution in [0.1, 0.15) is 33.6 Å². The van der Waals surface area contributed by atoms with Crippen LogP contribution in [0.4, 0.5) is 0 Å². The number of nitrogens with one attached hydrogen (secondary N) is 1. The molecule has 0 unspecified atom stereocenters. The molecule has 0 aliphatic rings. The summed E-state index contributed by atoms with van der Waals surface area (Å²) in [4.78, 5) is 12.1. The molecule has 0 fully saturated rings. The number of thioether (sulfide) groups is 1. The number of aromatic nitrogens is 1. The molecule has 1 N–H and O–H groups in total. The number of carbonyl (C=O) groups is 1. The molecule has 0 aliphatic carbocycles. The van der Waals surface area contributed by atoms with Crippen molar-refractivity contribution in [3.05, 3.63) is 85.6 Å². The maximum Gasteiger partial charge on any atom is 0.250 e. The molecule has 1 aromatic heterocycles. The number of halogens is 2. The Morgan fingerprint density at radius 2 is 1.87 bits per heavy atom. The summed E-state index contributed by atoms with van der Waals surface area (Å²) in [6, 6.07) is 14.1. The molecule has 31 heavy (non-hydrogen) atoms. The maximum absolute atomic E-state index is 12.1. The van der Waals surface area contributed by atoms with Crippen LogP contribution in [0, 0.1) is 27.7 Å². The standard InChI is InChI=1S/C24H25BrClN3OS/c1-15-9-10-20(11-16(15)2)29-17(3)21(24(25)18(29)4)12-27-28-23(30)14-31-13-19-7-5-6-8-22(19)26/h5-12H,13-14H2,1-4H3,(H,28,30)/b27-12-. The quantitative estimate of drug-likeness (QED) is 0.286. The number of hydrazone groups is 1. The molecule has 7 heteroatoms. The minimum absolute atomic E-state index is 0.146. The third-order valence-corrected chi connectivity index (χ3v) is 7.55. The lowest BCUT2D eigenvalue weighted by molar-refractivity contribution is -0.118. The Morgan fingerprint density at radius 1 is 1.13 bits per heavy atom. The summed E-state index contributed by atoms with van der Waals surface area (Å²) in [5.74, 6) is 0.845. The van der Waals surface area contributed by atoms with Crippen LogP contribution in [0.2, 0.25) is 5.02 Å². The number of hydrogen-bond donors (Lipinski definition) is 1. The first-order chi connectivity index (χ1) is 14.8. The highest BCUT2D eigenvalue weighted by Crippen LogP contribution is 2.30. The molecule has 0 saturated carbocycles. The zero-order valence-corrected chi connectivity index (χ0v) is 21.2. The number of amides is 1. The first kappa shape index (κ1) is 23.6. The fourth-order valence-electron chi connectivity index (χ4n) is 3.30. The predicted octanol–water partition coefficient (Wildman–Crippen LogP) is 6.51. The fraction of sp³-hybridized carbons (Fsp3) is 0.250. The van der Waals surface area contributed by atoms with Gasteiger partial charge in [-0.1, -0.05) is 35.9 Å². The molecule has 0 bridgehead atoms. The summed E-state index contributed by atoms with van der Waals surface area (Å²) in [7, 11) is 0. The average Bonchev–Trinajstić information content (AvgIpc) is 2.95. The van der Waals surface area contributed by atoms with E-state index < -0.39 is 0 Å². The van der Waals surface area contributed by atoms with Crippen LogP contribution in [0.5, 0.6) is 0 Å². The first-order valence-corrected chi connectivity index (χ1v) is 12.2. The number of aryl methyl sites for hydroxylation is 2. The van der Waals surface area contributed by atoms with Gasteiger partial charge in [0.1, 0.15) is 0 Å². The normalized spacial score (nSPS) is 11.3. The highest BCUT2D eigenvalue weighted by atomic mass is 79.9. The SMILES string of the molecule is Cc1ccc(-n2c(C)c(Br)c(/C=N\NC(=O)CSCc3ccccc3Cl)c2C)cc1C. The van der Waals surface area contributed by atoms with Crippen molar-refractivity contribution in [2.24, 2.45) is 5.10 Å². The monoisotopic (exact) mass is 517 g/mol. The summed E-state index contributed by atoms with van der Waals surface area (Å²) in [6.07, 6.45) is 1.70. The molecular formula is C24H25BrClN3OS. The van der Waals surface area contributed by atoms with E-state index in [1.54, 1.807) is 6.21 Å². The van der Waals surface area contributed by atoms with E-state index in [-0.39, 0.29) is 5.91 Å². The second-order valence-corrected chi connectivity index (χ2v) is 9.57. The summed E-state index contributed by atoms with van der Waals surface area (Å²) in [5, 5.41) is 4.90. The molecule has 0 saturated heterocycles. The largest absolute Gasteiger partial charge is 0.317 e. The highest BCUT2D eigenvalue weighted by molar-refractivity contribution is 9.10. The van der Waals surface area contributed by atoms with Crippen LogP contribution in [0.3, 0.4) is 0 Å². The zero-order chi connectivity index (χ0) is 22.5. The van der Waals surface area contributed by atoms with E-state index in [1.165, 1.54) is 22.9 Å². The van der Waals surface area contributed by atoms with Gasteiger partial charge in [-0.25, -0.2) is 5.43 Å². The Labute approximate surface area is 201 Å². The van der Waals surface area contributed by atoms with Crippen LogP contribution in [-0.4, -0.2) is 22.4 Å². The number of carbonyl (C=O) groups excluding carboxylic acids is 1. The van der Waals surface area contributed by atoms with E-state index >= 15 is 0 Å². The molecule has 1 amide bonds. The smallest absolute Gasteiger partial charge is 0.250 e. The van der Waals surface area contributed by atoms with E-state index in [2.05, 4.69) is 76.9 Å². The number of nitrogens with zero attached hydrogens (tertiary/aromatic N) is 2. The summed E-state index contributed by atoms with van der Waals surface area (Å²) < 4.78 is 3.16. The first-order valence-electron chi connectivity index (χ1n) is 9.87. The van der Waals surface area contributed by atoms with Gasteiger partial charge in [0.25, 0.3) is 0 Å². The maximum atomic E-state index is 12.1. The summed E-state index contributed by atoms with van der Waals surface area (Å²) >= 11 is 11.3. The molecule has 0 atom stereocenters. The van der Waals surface area contributed by atoms with Crippen molar-refractivity contribution in [3.8, 4) is 5.69 Å². The van der Waals surface area contributed by atoms with Crippen molar-refractivity contribution in [2.75, 3.05) is 5.75 Å². The molecule has 4 nitrogen and oxygen atoms in total. The number of rotatable bonds is 7. The van der Waals surface area contributed by atoms with Gasteiger partial charge >= 0.3 is 0 Å². The third-order valence-electron chi connectivity index (χ3n) is 5.19. The van der Waals surface area contributed by atoms with E-state index in [9.17, 15) is 4.79 Å². The van der Waals surface area contributed by atoms with Crippen LogP contribution < -0.4 is 5.43 Å². The molecule has 3 aromatic rings. The van der Waals surface area contributed by atoms with Gasteiger partial charge in [0.2, 0.25) is 5.91 Å². The van der Waals surface area contributed by atoms with Crippen LogP contribution in [0.15, 0.2) is 52.0 Å². The topological polar surface area (TPSA) is 46.4 Å². The van der Waals surface area contributed by atoms with Crippen molar-refractivity contribution in [1.29, 1.82) is 0 Å². The van der Waals surface area contributed by atoms with Gasteiger partial charge in [-0.3, -0.25) is 4.79 Å². The molecule has 162 valence electrons. The van der Waals surface area contributed by atoms with Gasteiger partial charge in [0.15, 0.2) is 0 Å². The van der Waals surface area contributed by atoms with Gasteiger partial charge in [0, 0.05) is 37.9 Å². The van der Waals surface area contributed by atoms with E-state index in [0.29, 0.717) is 11.5 Å². The lowest BCUT2D eigenvalue weighted by Crippen LogP contribution is -2.19. The Kier molecular flexibility index (Phi) is 8.03. The van der Waals surface area contributed by atoms with Crippen LogP contribution >= 0.6 is 39.3 Å². The van der Waals surface area contributed by atoms with Crippen molar-refractivity contribution >= 4 is 51.4 Å². The highest BCUT2D eigenvalue weighted by Gasteiger charge is 2.16. The van der Waals surface area contributed by atoms with E-state index in [4.69, 9.17) is 11.6 Å². The molecule has 0 radical (unpaired) electrons. The zero-order valence-electron chi connectivity index (χ0n) is 18.0. The second kappa shape index (κ2) is 10.5. The lowest BCUT2D eigenvalue weighted by Gasteiger charge is -2.11. The third kappa shape index (κ3) is 5.62. The minimum Gasteiger partial charge on any atom is -0.317 e. The Morgan fingerprint density at radius 3 is 2.58 bits per heavy atom. The fourth-order valence-corrected chi connectivity index (χ4v) is 4.97. The number of benzene rings is 2. The average molecular weight is 519 g/mol. The van der Waals surface area contributed by atoms with Crippen molar-refractivity contribution in [1.82, 2.24) is 9.99 Å². The van der Waals surface area contributed by atoms with Crippen molar-refractivity contribution in [2.45, 2.75) is 33.4 Å². The minimum atomic E-state index is -0.146. The van der Waals surface area contributed by atoms with Crippen molar-refractivity contribution < 1.29 is 4.79 Å². The van der Waals surface area contributed by atoms with Gasteiger partial charge in [-0.15, -0.1) is 11.8 Å². The molecule has 2 aromatic carbocycles. The van der Waals surface area contributed by atoms with Gasteiger partial charge in [-0.05, 0) is 78.5 Å². The van der Waals surface area contributed by atoms with Crippen molar-refractivity contribution in [3.63, 3.8) is 0 Å². The van der Waals surface area contributed by atoms with Gasteiger partial charge in [-0.2, -0.15) is 5.10 Å². The molecule has 1 heterocycles. The van der Waals surface area contributed by atoms with E-state index in [0.717, 1.165) is 37.7 Å². The Hall–Kier alpha value is -2.02. The Bertz CT molecular complexity index is 1140. The molecule has 0 spiro atoms. The molecule has 3 rings (SSSR count). The van der Waals surface area contributed by atoms with Crippen LogP contribution in [-0.2, 0) is 10.5 Å². The molecule has 0 aliphatic heterocycles. The molecular weight excluding hydrogens is 494 g/mol. The Balaban J connectivity index is 1.65. The second-order valence-electron chi connectivity index (χ2n) is 7.38. The van der Waals surface area contributed by atoms with E-state index in [1.807, 2.05) is 24.3 Å². The summed E-state index contributed by atoms with van der Waals surface area (Å²) in [6.45, 7) is 8.34. The number of hydrogen-bond acceptors (Lipinski definition) is 3. The van der Waals surface area contributed by atoms with Crippen LogP contribution in [0.25, 0.3) is 5.69 Å². The van der Waals surface area contributed by atoms with Gasteiger partial charge < -0.3 is 4.57 Å². The van der Waals surface area contributed by atoms with Gasteiger partial charge in [0.05, 0.1) is 12.0 Å². The summed E-state index contributed by atoms with van der Waals surface area (Å²) in [5.41, 5.74) is 10.3. The lowest BCUT2D eigenvalue weighted by atomic mass is 10.1. The predicted molar refractivity (Wildman–Crippen MR) is 136 cm³/mol.